The van der Waals surface area contributed by atoms with Crippen LogP contribution in [0, 0.1) is 0 Å². The highest BCUT2D eigenvalue weighted by Crippen LogP contribution is 1.87. The highest BCUT2D eigenvalue weighted by molar-refractivity contribution is 14.1. The van der Waals surface area contributed by atoms with Gasteiger partial charge in [0.15, 0.2) is 0 Å². The first kappa shape index (κ1) is 8.46. The molecule has 7 heavy (non-hydrogen) atoms. The van der Waals surface area contributed by atoms with Crippen LogP contribution in [0.4, 0.5) is 0 Å². The standard InChI is InChI=1S/C4H9O.HI.Mg/c1-2-3-4-5;;/h2-4H2,1H3;1H;/q-1;;+2/p-1. The van der Waals surface area contributed by atoms with E-state index in [0.717, 1.165) is 6.61 Å². The summed E-state index contributed by atoms with van der Waals surface area (Å²) in [6, 6.07) is 0. The van der Waals surface area contributed by atoms with E-state index in [2.05, 4.69) is 25.8 Å². The molecule has 0 fully saturated rings. The van der Waals surface area contributed by atoms with Crippen LogP contribution < -0.4 is 0 Å². The lowest BCUT2D eigenvalue weighted by Crippen LogP contribution is -1.91. The summed E-state index contributed by atoms with van der Waals surface area (Å²) >= 11 is 2.21. The van der Waals surface area contributed by atoms with Crippen LogP contribution in [0.25, 0.3) is 0 Å². The highest BCUT2D eigenvalue weighted by atomic mass is 127. The minimum atomic E-state index is -0.136. The van der Waals surface area contributed by atoms with E-state index in [4.69, 9.17) is 3.17 Å². The van der Waals surface area contributed by atoms with Crippen molar-refractivity contribution in [2.75, 3.05) is 6.61 Å². The zero-order valence-corrected chi connectivity index (χ0v) is 8.19. The molecule has 0 bridgehead atoms. The fraction of sp³-hybridized carbons (Fsp3) is 1.00. The Labute approximate surface area is 64.8 Å². The van der Waals surface area contributed by atoms with E-state index in [9.17, 15) is 0 Å². The van der Waals surface area contributed by atoms with Gasteiger partial charge in [0.2, 0.25) is 0 Å². The van der Waals surface area contributed by atoms with E-state index in [1.807, 2.05) is 0 Å². The lowest BCUT2D eigenvalue weighted by Gasteiger charge is -1.95. The van der Waals surface area contributed by atoms with Crippen LogP contribution in [0.5, 0.6) is 0 Å². The Morgan fingerprint density at radius 2 is 2.43 bits per heavy atom. The molecule has 0 N–H and O–H groups in total. The molecule has 0 saturated heterocycles. The van der Waals surface area contributed by atoms with Crippen LogP contribution in [-0.2, 0) is 3.17 Å². The van der Waals surface area contributed by atoms with E-state index in [1.54, 1.807) is 0 Å². The second-order valence-corrected chi connectivity index (χ2v) is 3.87. The lowest BCUT2D eigenvalue weighted by molar-refractivity contribution is 0.338. The molecule has 3 heteroatoms. The van der Waals surface area contributed by atoms with Crippen molar-refractivity contribution in [3.63, 3.8) is 0 Å². The molecular formula is C4H9IMgO. The summed E-state index contributed by atoms with van der Waals surface area (Å²) in [6.07, 6.45) is 2.49. The van der Waals surface area contributed by atoms with Crippen molar-refractivity contribution < 1.29 is 3.17 Å². The van der Waals surface area contributed by atoms with Gasteiger partial charge in [-0.15, -0.1) is 0 Å². The molecule has 0 aromatic heterocycles. The fourth-order valence-electron chi connectivity index (χ4n) is 0.301. The molecule has 0 unspecified atom stereocenters. The van der Waals surface area contributed by atoms with Gasteiger partial charge in [-0.3, -0.25) is 0 Å². The van der Waals surface area contributed by atoms with Gasteiger partial charge in [0.25, 0.3) is 0 Å². The van der Waals surface area contributed by atoms with Crippen molar-refractivity contribution in [2.24, 2.45) is 0 Å². The first-order valence-electron chi connectivity index (χ1n) is 2.55. The minimum absolute atomic E-state index is 0.136. The van der Waals surface area contributed by atoms with Gasteiger partial charge in [0.05, 0.1) is 0 Å². The number of hydrogen-bond acceptors (Lipinski definition) is 1. The van der Waals surface area contributed by atoms with Crippen molar-refractivity contribution in [2.45, 2.75) is 19.8 Å². The van der Waals surface area contributed by atoms with Crippen LogP contribution in [-0.4, -0.2) is 23.5 Å². The smallest absolute Gasteiger partial charge is 0.554 e. The summed E-state index contributed by atoms with van der Waals surface area (Å²) < 4.78 is 5.20. The molecule has 0 heterocycles. The van der Waals surface area contributed by atoms with Crippen molar-refractivity contribution in [3.05, 3.63) is 0 Å². The molecule has 0 aliphatic heterocycles. The van der Waals surface area contributed by atoms with Crippen molar-refractivity contribution in [3.8, 4) is 0 Å². The van der Waals surface area contributed by atoms with E-state index in [-0.39, 0.29) is 16.9 Å². The monoisotopic (exact) mass is 224 g/mol. The molecule has 1 nitrogen and oxygen atoms in total. The predicted molar refractivity (Wildman–Crippen MR) is 40.6 cm³/mol. The quantitative estimate of drug-likeness (QED) is 0.402. The van der Waals surface area contributed by atoms with Gasteiger partial charge in [-0.05, 0) is 6.42 Å². The molecule has 0 atom stereocenters. The molecule has 0 aromatic rings. The third-order valence-corrected chi connectivity index (χ3v) is 2.48. The Morgan fingerprint density at radius 1 is 1.71 bits per heavy atom. The topological polar surface area (TPSA) is 9.23 Å². The van der Waals surface area contributed by atoms with Crippen LogP contribution in [0.2, 0.25) is 0 Å². The molecule has 0 aromatic carbocycles. The van der Waals surface area contributed by atoms with Gasteiger partial charge in [-0.2, -0.15) is 0 Å². The summed E-state index contributed by atoms with van der Waals surface area (Å²) in [5.74, 6) is 0. The second-order valence-electron chi connectivity index (χ2n) is 1.37. The van der Waals surface area contributed by atoms with Crippen LogP contribution >= 0.6 is 18.9 Å². The Morgan fingerprint density at radius 3 is 2.86 bits per heavy atom. The minimum Gasteiger partial charge on any atom is -0.554 e. The maximum atomic E-state index is 5.20. The van der Waals surface area contributed by atoms with Gasteiger partial charge in [0, 0.05) is 6.61 Å². The van der Waals surface area contributed by atoms with E-state index >= 15 is 0 Å². The maximum Gasteiger partial charge on any atom is 0.659 e. The van der Waals surface area contributed by atoms with Crippen molar-refractivity contribution in [1.82, 2.24) is 0 Å². The summed E-state index contributed by atoms with van der Waals surface area (Å²) in [7, 11) is 0. The molecule has 0 spiro atoms. The maximum absolute atomic E-state index is 5.20. The molecule has 0 aliphatic rings. The van der Waals surface area contributed by atoms with Crippen molar-refractivity contribution >= 4 is 35.7 Å². The normalized spacial score (nSPS) is 8.29. The fourth-order valence-corrected chi connectivity index (χ4v) is 1.55. The Bertz CT molecular complexity index is 30.9. The molecule has 0 amide bonds. The van der Waals surface area contributed by atoms with Crippen LogP contribution in [0.15, 0.2) is 0 Å². The third kappa shape index (κ3) is 7.46. The Hall–Kier alpha value is 1.46. The van der Waals surface area contributed by atoms with Crippen LogP contribution in [0.3, 0.4) is 0 Å². The first-order valence-corrected chi connectivity index (χ1v) is 8.24. The summed E-state index contributed by atoms with van der Waals surface area (Å²) in [5, 5.41) is 0. The first-order chi connectivity index (χ1) is 3.41. The van der Waals surface area contributed by atoms with Gasteiger partial charge in [-0.25, -0.2) is 18.9 Å². The summed E-state index contributed by atoms with van der Waals surface area (Å²) in [5.41, 5.74) is 0. The number of halogens is 1. The molecular weight excluding hydrogens is 215 g/mol. The average Bonchev–Trinajstić information content (AvgIpc) is 1.69. The number of rotatable bonds is 4. The van der Waals surface area contributed by atoms with Gasteiger partial charge in [0.1, 0.15) is 0 Å². The summed E-state index contributed by atoms with van der Waals surface area (Å²) in [4.78, 5) is 0. The molecule has 0 radical (unpaired) electrons. The summed E-state index contributed by atoms with van der Waals surface area (Å²) in [6.45, 7) is 3.17. The van der Waals surface area contributed by atoms with Gasteiger partial charge < -0.3 is 3.17 Å². The van der Waals surface area contributed by atoms with E-state index in [0.29, 0.717) is 0 Å². The zero-order valence-electron chi connectivity index (χ0n) is 4.61. The molecule has 0 rings (SSSR count). The van der Waals surface area contributed by atoms with Crippen molar-refractivity contribution in [1.29, 1.82) is 0 Å². The van der Waals surface area contributed by atoms with Gasteiger partial charge in [-0.1, -0.05) is 13.3 Å². The number of unbranched alkanes of at least 4 members (excludes halogenated alkanes) is 1. The predicted octanol–water partition coefficient (Wildman–Crippen LogP) is 1.77. The Kier molecular flexibility index (Phi) is 9.01. The van der Waals surface area contributed by atoms with E-state index < -0.39 is 0 Å². The molecule has 0 saturated carbocycles. The lowest BCUT2D eigenvalue weighted by atomic mass is 10.4. The van der Waals surface area contributed by atoms with Gasteiger partial charge >= 0.3 is 16.9 Å². The van der Waals surface area contributed by atoms with Crippen LogP contribution in [0.1, 0.15) is 19.8 Å². The zero-order chi connectivity index (χ0) is 5.54. The molecule has 0 aliphatic carbocycles. The molecule has 40 valence electrons. The van der Waals surface area contributed by atoms with E-state index in [1.165, 1.54) is 12.8 Å². The largest absolute Gasteiger partial charge is 0.659 e. The Balaban J connectivity index is 2.45. The number of hydrogen-bond donors (Lipinski definition) is 0. The third-order valence-electron chi connectivity index (χ3n) is 0.719. The second kappa shape index (κ2) is 7.46. The SMILES string of the molecule is CCCC[O][Mg][I]. The highest BCUT2D eigenvalue weighted by Gasteiger charge is 1.86. The average molecular weight is 224 g/mol.